The second-order valence-electron chi connectivity index (χ2n) is 16.2. The van der Waals surface area contributed by atoms with Gasteiger partial charge in [0.25, 0.3) is 0 Å². The zero-order valence-electron chi connectivity index (χ0n) is 28.4. The van der Waals surface area contributed by atoms with Crippen molar-refractivity contribution in [2.75, 3.05) is 11.5 Å². The molecule has 7 fully saturated rings. The molecule has 2 aromatic rings. The number of carbonyl (C=O) groups is 3. The molecule has 262 valence electrons. The number of thioether (sulfide) groups is 2. The van der Waals surface area contributed by atoms with E-state index in [1.54, 1.807) is 23.5 Å². The number of hydrogen-bond acceptors (Lipinski definition) is 8. The van der Waals surface area contributed by atoms with Gasteiger partial charge in [-0.1, -0.05) is 60.7 Å². The number of rotatable bonds is 6. The first kappa shape index (κ1) is 33.1. The van der Waals surface area contributed by atoms with Crippen LogP contribution in [0.4, 0.5) is 0 Å². The van der Waals surface area contributed by atoms with E-state index < -0.39 is 17.1 Å². The molecule has 1 spiro atoms. The lowest BCUT2D eigenvalue weighted by Gasteiger charge is -2.46. The molecule has 5 saturated carbocycles. The summed E-state index contributed by atoms with van der Waals surface area (Å²) >= 11 is 3.39. The van der Waals surface area contributed by atoms with Crippen molar-refractivity contribution in [3.8, 4) is 0 Å². The van der Waals surface area contributed by atoms with E-state index in [1.807, 2.05) is 36.4 Å². The Kier molecular flexibility index (Phi) is 8.20. The summed E-state index contributed by atoms with van der Waals surface area (Å²) in [6.07, 6.45) is 4.55. The van der Waals surface area contributed by atoms with Crippen molar-refractivity contribution in [2.24, 2.45) is 58.7 Å². The molecule has 2 unspecified atom stereocenters. The first-order valence-electron chi connectivity index (χ1n) is 18.6. The number of carbonyl (C=O) groups excluding carboxylic acids is 3. The Balaban J connectivity index is 1.03. The predicted octanol–water partition coefficient (Wildman–Crippen LogP) is 7.56. The third-order valence-electron chi connectivity index (χ3n) is 14.3. The molecule has 6 nitrogen and oxygen atoms in total. The normalized spacial score (nSPS) is 43.1. The lowest BCUT2D eigenvalue weighted by atomic mass is 9.60. The third kappa shape index (κ3) is 4.83. The Bertz CT molecular complexity index is 1730. The molecule has 50 heavy (non-hydrogen) atoms. The van der Waals surface area contributed by atoms with Gasteiger partial charge in [-0.25, -0.2) is 0 Å². The summed E-state index contributed by atoms with van der Waals surface area (Å²) < 4.78 is 12.8. The highest BCUT2D eigenvalue weighted by Gasteiger charge is 2.78. The first-order valence-corrected chi connectivity index (χ1v) is 20.6. The standard InChI is InChI=1S/C42H46O6S2/c1-23-13-16-28-32(22-50-26-11-7-4-8-12-26)40(45)48-38(28)36-29(23)19-34(43)41(36)18-17-33-35-30(20-42(33,41)46)24(2)14-15-27-31(39(44)47-37(27)35)21-49-25-9-5-3-6-10-25/h3-12,27-33,35-38,46H,1-2,13-22H2/t27-,28-,29-,30-,31?,32?,33+,35+,36-,37-,38-,41+,42+/m0/s1. The van der Waals surface area contributed by atoms with Gasteiger partial charge in [0, 0.05) is 51.4 Å². The largest absolute Gasteiger partial charge is 0.461 e. The maximum absolute atomic E-state index is 14.7. The van der Waals surface area contributed by atoms with Crippen molar-refractivity contribution in [1.29, 1.82) is 0 Å². The average Bonchev–Trinajstić information content (AvgIpc) is 3.83. The summed E-state index contributed by atoms with van der Waals surface area (Å²) in [7, 11) is 0. The van der Waals surface area contributed by atoms with Gasteiger partial charge < -0.3 is 14.6 Å². The summed E-state index contributed by atoms with van der Waals surface area (Å²) in [4.78, 5) is 44.2. The SMILES string of the molecule is C=C1CC[C@H]2C(CSc3ccccc3)C(=O)O[C@@H]2[C@H]2[C@H]3CC[C@]4(C(=O)C[C@H]5C(=C)CC[C@H]6C(CSc7ccccc7)C(=O)O[C@@H]6[C@H]54)[C@@]3(O)C[C@@H]12. The van der Waals surface area contributed by atoms with E-state index in [0.717, 1.165) is 46.6 Å². The highest BCUT2D eigenvalue weighted by atomic mass is 32.2. The summed E-state index contributed by atoms with van der Waals surface area (Å²) in [6, 6.07) is 20.3. The Morgan fingerprint density at radius 3 is 1.88 bits per heavy atom. The summed E-state index contributed by atoms with van der Waals surface area (Å²) in [5.74, 6) is -0.0623. The number of aliphatic hydroxyl groups is 1. The van der Waals surface area contributed by atoms with Crippen LogP contribution in [0, 0.1) is 58.7 Å². The maximum Gasteiger partial charge on any atom is 0.310 e. The average molecular weight is 711 g/mol. The van der Waals surface area contributed by atoms with Gasteiger partial charge in [0.05, 0.1) is 22.9 Å². The molecule has 13 atom stereocenters. The monoisotopic (exact) mass is 710 g/mol. The van der Waals surface area contributed by atoms with Crippen molar-refractivity contribution in [3.05, 3.63) is 85.0 Å². The number of hydrogen-bond donors (Lipinski definition) is 1. The summed E-state index contributed by atoms with van der Waals surface area (Å²) in [5.41, 5.74) is -0.130. The van der Waals surface area contributed by atoms with Gasteiger partial charge in [-0.05, 0) is 87.0 Å². The second-order valence-corrected chi connectivity index (χ2v) is 18.4. The van der Waals surface area contributed by atoms with E-state index in [9.17, 15) is 19.5 Å². The Labute approximate surface area is 303 Å². The summed E-state index contributed by atoms with van der Waals surface area (Å²) in [5, 5.41) is 13.3. The van der Waals surface area contributed by atoms with Crippen LogP contribution in [0.1, 0.15) is 51.4 Å². The lowest BCUT2D eigenvalue weighted by Crippen LogP contribution is -2.56. The van der Waals surface area contributed by atoms with Crippen LogP contribution in [-0.4, -0.2) is 52.1 Å². The van der Waals surface area contributed by atoms with Crippen LogP contribution in [0.2, 0.25) is 0 Å². The minimum atomic E-state index is -1.29. The molecule has 9 rings (SSSR count). The molecule has 0 aromatic heterocycles. The van der Waals surface area contributed by atoms with Gasteiger partial charge in [0.15, 0.2) is 0 Å². The zero-order chi connectivity index (χ0) is 34.4. The number of allylic oxidation sites excluding steroid dienone is 2. The summed E-state index contributed by atoms with van der Waals surface area (Å²) in [6.45, 7) is 9.10. The highest BCUT2D eigenvalue weighted by molar-refractivity contribution is 7.99. The molecule has 2 aliphatic heterocycles. The van der Waals surface area contributed by atoms with E-state index in [0.29, 0.717) is 37.2 Å². The first-order chi connectivity index (χ1) is 24.2. The number of esters is 2. The van der Waals surface area contributed by atoms with Crippen molar-refractivity contribution in [2.45, 2.75) is 79.0 Å². The molecule has 2 saturated heterocycles. The van der Waals surface area contributed by atoms with Crippen LogP contribution in [0.5, 0.6) is 0 Å². The number of ketones is 1. The minimum Gasteiger partial charge on any atom is -0.461 e. The predicted molar refractivity (Wildman–Crippen MR) is 193 cm³/mol. The topological polar surface area (TPSA) is 89.9 Å². The molecule has 0 amide bonds. The number of Topliss-reactive ketones (excluding diaryl/α,β-unsaturated/α-hetero) is 1. The van der Waals surface area contributed by atoms with Crippen molar-refractivity contribution >= 4 is 41.2 Å². The molecule has 2 aromatic carbocycles. The van der Waals surface area contributed by atoms with Crippen molar-refractivity contribution in [3.63, 3.8) is 0 Å². The molecule has 8 heteroatoms. The Morgan fingerprint density at radius 2 is 1.28 bits per heavy atom. The highest BCUT2D eigenvalue weighted by Crippen LogP contribution is 2.73. The molecule has 0 bridgehead atoms. The number of ether oxygens (including phenoxy) is 2. The van der Waals surface area contributed by atoms with Crippen LogP contribution in [-0.2, 0) is 23.9 Å². The van der Waals surface area contributed by atoms with Crippen LogP contribution >= 0.6 is 23.5 Å². The van der Waals surface area contributed by atoms with Gasteiger partial charge in [0.1, 0.15) is 18.0 Å². The van der Waals surface area contributed by atoms with Gasteiger partial charge in [0.2, 0.25) is 0 Å². The third-order valence-corrected chi connectivity index (χ3v) is 16.6. The lowest BCUT2D eigenvalue weighted by molar-refractivity contribution is -0.167. The van der Waals surface area contributed by atoms with Gasteiger partial charge >= 0.3 is 11.9 Å². The van der Waals surface area contributed by atoms with Crippen LogP contribution in [0.3, 0.4) is 0 Å². The van der Waals surface area contributed by atoms with E-state index in [1.165, 1.54) is 0 Å². The van der Waals surface area contributed by atoms with Crippen LogP contribution < -0.4 is 0 Å². The molecule has 5 aliphatic carbocycles. The Hall–Kier alpha value is -2.81. The second kappa shape index (κ2) is 12.4. The van der Waals surface area contributed by atoms with E-state index in [-0.39, 0.29) is 77.1 Å². The van der Waals surface area contributed by atoms with E-state index >= 15 is 0 Å². The fraction of sp³-hybridized carbons (Fsp3) is 0.548. The smallest absolute Gasteiger partial charge is 0.310 e. The van der Waals surface area contributed by atoms with Crippen molar-refractivity contribution < 1.29 is 29.0 Å². The van der Waals surface area contributed by atoms with Gasteiger partial charge in [-0.15, -0.1) is 23.5 Å². The van der Waals surface area contributed by atoms with Crippen LogP contribution in [0.15, 0.2) is 94.8 Å². The number of fused-ring (bicyclic) bond motifs is 10. The van der Waals surface area contributed by atoms with Gasteiger partial charge in [-0.2, -0.15) is 0 Å². The van der Waals surface area contributed by atoms with E-state index in [2.05, 4.69) is 37.4 Å². The fourth-order valence-corrected chi connectivity index (χ4v) is 14.4. The molecular formula is C42H46O6S2. The molecule has 2 heterocycles. The van der Waals surface area contributed by atoms with Gasteiger partial charge in [-0.3, -0.25) is 14.4 Å². The molecule has 7 aliphatic rings. The molecule has 1 N–H and O–H groups in total. The Morgan fingerprint density at radius 1 is 0.740 bits per heavy atom. The molecular weight excluding hydrogens is 665 g/mol. The van der Waals surface area contributed by atoms with Crippen molar-refractivity contribution in [1.82, 2.24) is 0 Å². The van der Waals surface area contributed by atoms with E-state index in [4.69, 9.17) is 9.47 Å². The fourth-order valence-electron chi connectivity index (χ4n) is 12.1. The maximum atomic E-state index is 14.7. The number of benzene rings is 2. The van der Waals surface area contributed by atoms with Crippen LogP contribution in [0.25, 0.3) is 0 Å². The molecule has 0 radical (unpaired) electrons. The quantitative estimate of drug-likeness (QED) is 0.187. The zero-order valence-corrected chi connectivity index (χ0v) is 30.0. The minimum absolute atomic E-state index is 0.0247.